The number of methoxy groups -OCH3 is 2. The van der Waals surface area contributed by atoms with Crippen LogP contribution in [0, 0.1) is 10.1 Å². The van der Waals surface area contributed by atoms with Crippen molar-refractivity contribution in [3.8, 4) is 0 Å². The Morgan fingerprint density at radius 3 is 2.50 bits per heavy atom. The maximum absolute atomic E-state index is 13.6. The van der Waals surface area contributed by atoms with Crippen LogP contribution in [0.25, 0.3) is 10.9 Å². The molecule has 3 heterocycles. The van der Waals surface area contributed by atoms with Gasteiger partial charge in [0.15, 0.2) is 6.29 Å². The number of aromatic amines is 1. The van der Waals surface area contributed by atoms with E-state index in [1.165, 1.54) is 31.3 Å². The number of H-pyrrole nitrogens is 1. The van der Waals surface area contributed by atoms with Gasteiger partial charge in [0.25, 0.3) is 5.69 Å². The molecular weight excluding hydrogens is 440 g/mol. The van der Waals surface area contributed by atoms with Crippen molar-refractivity contribution >= 4 is 28.4 Å². The van der Waals surface area contributed by atoms with Crippen molar-refractivity contribution in [1.29, 1.82) is 0 Å². The van der Waals surface area contributed by atoms with Crippen molar-refractivity contribution in [2.24, 2.45) is 0 Å². The number of nitrogens with zero attached hydrogens (tertiary/aromatic N) is 3. The Morgan fingerprint density at radius 2 is 1.82 bits per heavy atom. The Hall–Kier alpha value is -3.76. The van der Waals surface area contributed by atoms with E-state index in [0.717, 1.165) is 22.2 Å². The first-order valence-corrected chi connectivity index (χ1v) is 10.9. The van der Waals surface area contributed by atoms with Gasteiger partial charge < -0.3 is 24.3 Å². The molecule has 0 radical (unpaired) electrons. The van der Waals surface area contributed by atoms with Gasteiger partial charge in [-0.25, -0.2) is 0 Å². The van der Waals surface area contributed by atoms with Crippen LogP contribution in [0.5, 0.6) is 0 Å². The van der Waals surface area contributed by atoms with Crippen molar-refractivity contribution in [2.75, 3.05) is 27.3 Å². The molecule has 10 nitrogen and oxygen atoms in total. The van der Waals surface area contributed by atoms with E-state index in [9.17, 15) is 19.7 Å². The van der Waals surface area contributed by atoms with Gasteiger partial charge in [-0.15, -0.1) is 0 Å². The first-order chi connectivity index (χ1) is 16.4. The summed E-state index contributed by atoms with van der Waals surface area (Å²) in [6.45, 7) is 0.0441. The van der Waals surface area contributed by atoms with Crippen molar-refractivity contribution in [2.45, 2.75) is 24.8 Å². The number of piperazine rings is 1. The number of fused-ring (bicyclic) bond motifs is 4. The van der Waals surface area contributed by atoms with E-state index in [2.05, 4.69) is 4.98 Å². The van der Waals surface area contributed by atoms with Crippen molar-refractivity contribution in [1.82, 2.24) is 14.8 Å². The highest BCUT2D eigenvalue weighted by Crippen LogP contribution is 2.42. The molecule has 0 unspecified atom stereocenters. The molecule has 1 fully saturated rings. The quantitative estimate of drug-likeness (QED) is 0.340. The standard InChI is InChI=1S/C24H24N4O6/c1-33-21(34-2)13-26-12-20(29)27-19(24(26)30)11-17-16-5-3-4-6-18(16)25-22(17)23(27)14-7-9-15(10-8-14)28(31)32/h3-10,19,21,23,25H,11-13H2,1-2H3/t19-,23+/m1/s1. The topological polar surface area (TPSA) is 118 Å². The lowest BCUT2D eigenvalue weighted by atomic mass is 9.86. The molecule has 5 rings (SSSR count). The number of rotatable bonds is 6. The minimum atomic E-state index is -0.706. The SMILES string of the molecule is COC(CN1CC(=O)N2[C@@H](c3ccc([N+](=O)[O-])cc3)c3[nH]c4ccccc4c3C[C@@H]2C1=O)OC. The third-order valence-corrected chi connectivity index (χ3v) is 6.66. The largest absolute Gasteiger partial charge is 0.356 e. The number of carbonyl (C=O) groups excluding carboxylic acids is 2. The molecule has 1 aromatic heterocycles. The summed E-state index contributed by atoms with van der Waals surface area (Å²) in [5.41, 5.74) is 3.37. The van der Waals surface area contributed by atoms with E-state index < -0.39 is 23.3 Å². The zero-order chi connectivity index (χ0) is 24.0. The molecule has 0 spiro atoms. The van der Waals surface area contributed by atoms with Crippen LogP contribution in [0.2, 0.25) is 0 Å². The van der Waals surface area contributed by atoms with Gasteiger partial charge >= 0.3 is 0 Å². The van der Waals surface area contributed by atoms with Gasteiger partial charge in [0.05, 0.1) is 17.5 Å². The summed E-state index contributed by atoms with van der Waals surface area (Å²) in [7, 11) is 2.97. The molecule has 34 heavy (non-hydrogen) atoms. The number of nitro benzene ring substituents is 1. The average Bonchev–Trinajstić information content (AvgIpc) is 3.22. The highest BCUT2D eigenvalue weighted by molar-refractivity contribution is 5.97. The smallest absolute Gasteiger partial charge is 0.269 e. The summed E-state index contributed by atoms with van der Waals surface area (Å²) in [4.78, 5) is 44.3. The lowest BCUT2D eigenvalue weighted by molar-refractivity contribution is -0.384. The minimum absolute atomic E-state index is 0.0367. The fourth-order valence-electron chi connectivity index (χ4n) is 5.03. The van der Waals surface area contributed by atoms with Gasteiger partial charge in [-0.05, 0) is 29.3 Å². The predicted molar refractivity (Wildman–Crippen MR) is 122 cm³/mol. The van der Waals surface area contributed by atoms with Crippen LogP contribution in [0.4, 0.5) is 5.69 Å². The van der Waals surface area contributed by atoms with E-state index in [4.69, 9.17) is 9.47 Å². The second kappa shape index (κ2) is 8.54. The number of hydrogen-bond donors (Lipinski definition) is 1. The Balaban J connectivity index is 1.61. The normalized spacial score (nSPS) is 20.1. The number of non-ortho nitro benzene ring substituents is 1. The Bertz CT molecular complexity index is 1270. The molecule has 1 saturated heterocycles. The number of hydrogen-bond acceptors (Lipinski definition) is 6. The van der Waals surface area contributed by atoms with Crippen LogP contribution in [-0.4, -0.2) is 71.2 Å². The van der Waals surface area contributed by atoms with Crippen LogP contribution in [-0.2, 0) is 25.5 Å². The predicted octanol–water partition coefficient (Wildman–Crippen LogP) is 2.38. The number of ether oxygens (including phenoxy) is 2. The second-order valence-corrected chi connectivity index (χ2v) is 8.45. The van der Waals surface area contributed by atoms with Gasteiger partial charge in [0.1, 0.15) is 12.6 Å². The van der Waals surface area contributed by atoms with Crippen LogP contribution >= 0.6 is 0 Å². The number of benzene rings is 2. The van der Waals surface area contributed by atoms with Gasteiger partial charge in [-0.3, -0.25) is 19.7 Å². The van der Waals surface area contributed by atoms with Crippen molar-refractivity contribution in [3.63, 3.8) is 0 Å². The third kappa shape index (κ3) is 3.51. The first-order valence-electron chi connectivity index (χ1n) is 10.9. The maximum atomic E-state index is 13.6. The highest BCUT2D eigenvalue weighted by Gasteiger charge is 2.48. The molecule has 176 valence electrons. The molecule has 0 saturated carbocycles. The lowest BCUT2D eigenvalue weighted by Gasteiger charge is -2.47. The number of para-hydroxylation sites is 1. The molecule has 1 N–H and O–H groups in total. The van der Waals surface area contributed by atoms with E-state index in [1.54, 1.807) is 17.0 Å². The van der Waals surface area contributed by atoms with Crippen LogP contribution in [0.15, 0.2) is 48.5 Å². The monoisotopic (exact) mass is 464 g/mol. The van der Waals surface area contributed by atoms with Crippen LogP contribution in [0.1, 0.15) is 22.9 Å². The first kappa shape index (κ1) is 22.1. The molecule has 3 aromatic rings. The number of nitro groups is 1. The average molecular weight is 464 g/mol. The highest BCUT2D eigenvalue weighted by atomic mass is 16.7. The summed E-state index contributed by atoms with van der Waals surface area (Å²) >= 11 is 0. The molecule has 0 bridgehead atoms. The number of nitrogens with one attached hydrogen (secondary N) is 1. The maximum Gasteiger partial charge on any atom is 0.269 e. The van der Waals surface area contributed by atoms with E-state index in [-0.39, 0.29) is 30.6 Å². The molecule has 2 aromatic carbocycles. The zero-order valence-corrected chi connectivity index (χ0v) is 18.8. The molecule has 2 aliphatic heterocycles. The molecule has 2 atom stereocenters. The van der Waals surface area contributed by atoms with E-state index in [1.807, 2.05) is 24.3 Å². The summed E-state index contributed by atoms with van der Waals surface area (Å²) in [6, 6.07) is 12.7. The van der Waals surface area contributed by atoms with Gasteiger partial charge in [0.2, 0.25) is 11.8 Å². The van der Waals surface area contributed by atoms with Gasteiger partial charge in [-0.1, -0.05) is 18.2 Å². The molecule has 10 heteroatoms. The fourth-order valence-corrected chi connectivity index (χ4v) is 5.03. The summed E-state index contributed by atoms with van der Waals surface area (Å²) in [5.74, 6) is -0.384. The molecule has 2 amide bonds. The van der Waals surface area contributed by atoms with E-state index >= 15 is 0 Å². The Labute approximate surface area is 195 Å². The number of amides is 2. The van der Waals surface area contributed by atoms with Gasteiger partial charge in [0, 0.05) is 49.4 Å². The van der Waals surface area contributed by atoms with Crippen LogP contribution < -0.4 is 0 Å². The number of aromatic nitrogens is 1. The number of carbonyl (C=O) groups is 2. The summed E-state index contributed by atoms with van der Waals surface area (Å²) < 4.78 is 10.5. The lowest BCUT2D eigenvalue weighted by Crippen LogP contribution is -2.63. The summed E-state index contributed by atoms with van der Waals surface area (Å²) in [5, 5.41) is 12.2. The van der Waals surface area contributed by atoms with Crippen LogP contribution in [0.3, 0.4) is 0 Å². The van der Waals surface area contributed by atoms with Crippen molar-refractivity contribution < 1.29 is 24.0 Å². The minimum Gasteiger partial charge on any atom is -0.356 e. The van der Waals surface area contributed by atoms with E-state index in [0.29, 0.717) is 12.0 Å². The molecular formula is C24H24N4O6. The second-order valence-electron chi connectivity index (χ2n) is 8.45. The Kier molecular flexibility index (Phi) is 5.54. The third-order valence-electron chi connectivity index (χ3n) is 6.66. The Morgan fingerprint density at radius 1 is 1.12 bits per heavy atom. The van der Waals surface area contributed by atoms with Crippen molar-refractivity contribution in [3.05, 3.63) is 75.5 Å². The fraction of sp³-hybridized carbons (Fsp3) is 0.333. The zero-order valence-electron chi connectivity index (χ0n) is 18.8. The van der Waals surface area contributed by atoms with Gasteiger partial charge in [-0.2, -0.15) is 0 Å². The summed E-state index contributed by atoms with van der Waals surface area (Å²) in [6.07, 6.45) is -0.268. The molecule has 2 aliphatic rings. The molecule has 0 aliphatic carbocycles.